The third-order valence-electron chi connectivity index (χ3n) is 3.34. The second-order valence-corrected chi connectivity index (χ2v) is 4.58. The molecule has 5 unspecified atom stereocenters. The topological polar surface area (TPSA) is 36.9 Å². The van der Waals surface area contributed by atoms with Crippen LogP contribution in [-0.4, -0.2) is 51.3 Å². The van der Waals surface area contributed by atoms with E-state index in [1.165, 1.54) is 0 Å². The summed E-state index contributed by atoms with van der Waals surface area (Å²) in [4.78, 5) is 0. The average molecular weight is 216 g/mol. The molecule has 2 heterocycles. The summed E-state index contributed by atoms with van der Waals surface area (Å²) < 4.78 is 22.5. The molecule has 2 fully saturated rings. The minimum absolute atomic E-state index is 0.0346. The van der Waals surface area contributed by atoms with Crippen LogP contribution in [0, 0.1) is 5.92 Å². The van der Waals surface area contributed by atoms with Gasteiger partial charge in [-0.15, -0.1) is 0 Å². The van der Waals surface area contributed by atoms with Gasteiger partial charge in [-0.1, -0.05) is 13.8 Å². The lowest BCUT2D eigenvalue weighted by Gasteiger charge is -2.23. The molecule has 0 amide bonds. The maximum atomic E-state index is 5.98. The summed E-state index contributed by atoms with van der Waals surface area (Å²) in [6, 6.07) is 0. The highest BCUT2D eigenvalue weighted by Gasteiger charge is 2.53. The predicted octanol–water partition coefficient (Wildman–Crippen LogP) is 0.839. The van der Waals surface area contributed by atoms with Gasteiger partial charge in [-0.2, -0.15) is 0 Å². The van der Waals surface area contributed by atoms with Crippen LogP contribution in [-0.2, 0) is 18.9 Å². The minimum atomic E-state index is 0.0346. The highest BCUT2D eigenvalue weighted by Crippen LogP contribution is 2.36. The quantitative estimate of drug-likeness (QED) is 0.700. The molecule has 88 valence electrons. The molecule has 2 aliphatic heterocycles. The Morgan fingerprint density at radius 1 is 1.13 bits per heavy atom. The Bertz CT molecular complexity index is 219. The molecule has 4 nitrogen and oxygen atoms in total. The molecular formula is C11H20O4. The van der Waals surface area contributed by atoms with E-state index in [-0.39, 0.29) is 30.5 Å². The molecule has 2 saturated heterocycles. The summed E-state index contributed by atoms with van der Waals surface area (Å²) in [5.74, 6) is 0.432. The van der Waals surface area contributed by atoms with Gasteiger partial charge in [-0.05, 0) is 5.92 Å². The van der Waals surface area contributed by atoms with Crippen LogP contribution in [0.25, 0.3) is 0 Å². The first-order valence-corrected chi connectivity index (χ1v) is 5.51. The predicted molar refractivity (Wildman–Crippen MR) is 54.8 cm³/mol. The fourth-order valence-electron chi connectivity index (χ4n) is 2.51. The zero-order chi connectivity index (χ0) is 11.0. The Hall–Kier alpha value is -0.160. The lowest BCUT2D eigenvalue weighted by Crippen LogP contribution is -2.36. The van der Waals surface area contributed by atoms with Gasteiger partial charge in [0.25, 0.3) is 0 Å². The molecule has 0 spiro atoms. The highest BCUT2D eigenvalue weighted by molar-refractivity contribution is 5.00. The monoisotopic (exact) mass is 216 g/mol. The van der Waals surface area contributed by atoms with Gasteiger partial charge < -0.3 is 18.9 Å². The molecule has 0 bridgehead atoms. The molecule has 2 rings (SSSR count). The molecule has 0 aromatic heterocycles. The Morgan fingerprint density at radius 2 is 1.87 bits per heavy atom. The number of ether oxygens (including phenoxy) is 4. The second kappa shape index (κ2) is 4.37. The molecule has 0 radical (unpaired) electrons. The number of fused-ring (bicyclic) bond motifs is 1. The van der Waals surface area contributed by atoms with Crippen LogP contribution in [0.15, 0.2) is 0 Å². The van der Waals surface area contributed by atoms with E-state index in [0.717, 1.165) is 0 Å². The van der Waals surface area contributed by atoms with E-state index < -0.39 is 0 Å². The third-order valence-corrected chi connectivity index (χ3v) is 3.34. The number of hydrogen-bond donors (Lipinski definition) is 0. The fourth-order valence-corrected chi connectivity index (χ4v) is 2.51. The number of rotatable bonds is 3. The summed E-state index contributed by atoms with van der Waals surface area (Å²) >= 11 is 0. The van der Waals surface area contributed by atoms with Crippen molar-refractivity contribution in [2.24, 2.45) is 5.92 Å². The van der Waals surface area contributed by atoms with Gasteiger partial charge in [0.15, 0.2) is 0 Å². The van der Waals surface area contributed by atoms with Crippen molar-refractivity contribution in [3.05, 3.63) is 0 Å². The van der Waals surface area contributed by atoms with Gasteiger partial charge >= 0.3 is 0 Å². The maximum Gasteiger partial charge on any atom is 0.115 e. The number of hydrogen-bond acceptors (Lipinski definition) is 4. The third kappa shape index (κ3) is 1.80. The zero-order valence-corrected chi connectivity index (χ0v) is 9.80. The molecule has 4 heteroatoms. The van der Waals surface area contributed by atoms with Crippen LogP contribution in [0.4, 0.5) is 0 Å². The fraction of sp³-hybridized carbons (Fsp3) is 1.00. The molecule has 0 aliphatic carbocycles. The van der Waals surface area contributed by atoms with Crippen molar-refractivity contribution in [1.29, 1.82) is 0 Å². The van der Waals surface area contributed by atoms with Gasteiger partial charge in [-0.3, -0.25) is 0 Å². The maximum absolute atomic E-state index is 5.98. The van der Waals surface area contributed by atoms with Crippen molar-refractivity contribution in [2.75, 3.05) is 20.8 Å². The molecule has 5 atom stereocenters. The first kappa shape index (κ1) is 11.3. The molecule has 0 aromatic rings. The smallest absolute Gasteiger partial charge is 0.115 e. The Morgan fingerprint density at radius 3 is 2.40 bits per heavy atom. The molecule has 0 saturated carbocycles. The lowest BCUT2D eigenvalue weighted by atomic mass is 9.99. The van der Waals surface area contributed by atoms with Crippen molar-refractivity contribution in [1.82, 2.24) is 0 Å². The van der Waals surface area contributed by atoms with Gasteiger partial charge in [0, 0.05) is 14.2 Å². The van der Waals surface area contributed by atoms with E-state index in [9.17, 15) is 0 Å². The lowest BCUT2D eigenvalue weighted by molar-refractivity contribution is -0.0815. The van der Waals surface area contributed by atoms with E-state index in [1.54, 1.807) is 14.2 Å². The van der Waals surface area contributed by atoms with Crippen molar-refractivity contribution < 1.29 is 18.9 Å². The molecule has 15 heavy (non-hydrogen) atoms. The van der Waals surface area contributed by atoms with E-state index >= 15 is 0 Å². The highest BCUT2D eigenvalue weighted by atomic mass is 16.6. The molecule has 2 aliphatic rings. The van der Waals surface area contributed by atoms with Crippen molar-refractivity contribution in [2.45, 2.75) is 44.4 Å². The van der Waals surface area contributed by atoms with Crippen molar-refractivity contribution in [3.63, 3.8) is 0 Å². The van der Waals surface area contributed by atoms with Crippen LogP contribution in [0.3, 0.4) is 0 Å². The largest absolute Gasteiger partial charge is 0.376 e. The molecular weight excluding hydrogens is 196 g/mol. The van der Waals surface area contributed by atoms with Crippen LogP contribution in [0.2, 0.25) is 0 Å². The zero-order valence-electron chi connectivity index (χ0n) is 9.80. The summed E-state index contributed by atoms with van der Waals surface area (Å²) in [7, 11) is 3.42. The summed E-state index contributed by atoms with van der Waals surface area (Å²) in [6.45, 7) is 4.88. The van der Waals surface area contributed by atoms with E-state index in [2.05, 4.69) is 13.8 Å². The van der Waals surface area contributed by atoms with E-state index in [4.69, 9.17) is 18.9 Å². The standard InChI is InChI=1S/C11H20O4/c1-6(2)8-10(13-4)11-9(15-8)7(12-3)5-14-11/h6-11H,5H2,1-4H3. The Kier molecular flexibility index (Phi) is 3.30. The van der Waals surface area contributed by atoms with Gasteiger partial charge in [-0.25, -0.2) is 0 Å². The van der Waals surface area contributed by atoms with E-state index in [1.807, 2.05) is 0 Å². The van der Waals surface area contributed by atoms with Crippen LogP contribution in [0.1, 0.15) is 13.8 Å². The summed E-state index contributed by atoms with van der Waals surface area (Å²) in [6.07, 6.45) is 0.272. The van der Waals surface area contributed by atoms with Gasteiger partial charge in [0.1, 0.15) is 24.4 Å². The Labute approximate surface area is 90.8 Å². The van der Waals surface area contributed by atoms with Gasteiger partial charge in [0.05, 0.1) is 12.7 Å². The number of methoxy groups -OCH3 is 2. The van der Waals surface area contributed by atoms with Crippen molar-refractivity contribution in [3.8, 4) is 0 Å². The van der Waals surface area contributed by atoms with E-state index in [0.29, 0.717) is 12.5 Å². The Balaban J connectivity index is 2.10. The van der Waals surface area contributed by atoms with Crippen molar-refractivity contribution >= 4 is 0 Å². The average Bonchev–Trinajstić information content (AvgIpc) is 2.73. The van der Waals surface area contributed by atoms with Crippen LogP contribution < -0.4 is 0 Å². The molecule has 0 aromatic carbocycles. The first-order chi connectivity index (χ1) is 7.19. The summed E-state index contributed by atoms with van der Waals surface area (Å²) in [5, 5.41) is 0. The first-order valence-electron chi connectivity index (χ1n) is 5.51. The van der Waals surface area contributed by atoms with Gasteiger partial charge in [0.2, 0.25) is 0 Å². The minimum Gasteiger partial charge on any atom is -0.376 e. The molecule has 0 N–H and O–H groups in total. The second-order valence-electron chi connectivity index (χ2n) is 4.58. The normalized spacial score (nSPS) is 45.0. The van der Waals surface area contributed by atoms with Crippen LogP contribution >= 0.6 is 0 Å². The van der Waals surface area contributed by atoms with Crippen LogP contribution in [0.5, 0.6) is 0 Å². The summed E-state index contributed by atoms with van der Waals surface area (Å²) in [5.41, 5.74) is 0. The SMILES string of the molecule is COC1COC2C1OC(C(C)C)C2OC.